The molecule has 4 rings (SSSR count). The number of rotatable bonds is 7. The average molecular weight is 531 g/mol. The fourth-order valence-corrected chi connectivity index (χ4v) is 4.88. The van der Waals surface area contributed by atoms with Crippen molar-refractivity contribution >= 4 is 33.4 Å². The summed E-state index contributed by atoms with van der Waals surface area (Å²) in [6, 6.07) is 15.2. The number of hydrogen-bond acceptors (Lipinski definition) is 4. The molecule has 3 aromatic rings. The Morgan fingerprint density at radius 3 is 2.55 bits per heavy atom. The molecule has 0 fully saturated rings. The Bertz CT molecular complexity index is 1230. The minimum atomic E-state index is -0.513. The molecule has 1 aliphatic heterocycles. The highest BCUT2D eigenvalue weighted by Crippen LogP contribution is 2.26. The number of aromatic nitrogens is 2. The molecule has 1 aromatic heterocycles. The van der Waals surface area contributed by atoms with Gasteiger partial charge in [-0.3, -0.25) is 9.59 Å². The van der Waals surface area contributed by atoms with Gasteiger partial charge in [0, 0.05) is 35.0 Å². The van der Waals surface area contributed by atoms with E-state index in [0.717, 1.165) is 15.6 Å². The average Bonchev–Trinajstić information content (AvgIpc) is 2.78. The molecule has 0 N–H and O–H groups in total. The van der Waals surface area contributed by atoms with Crippen LogP contribution in [0.2, 0.25) is 5.02 Å². The van der Waals surface area contributed by atoms with Crippen LogP contribution in [0.1, 0.15) is 41.3 Å². The van der Waals surface area contributed by atoms with Crippen LogP contribution in [0.4, 0.5) is 0 Å². The van der Waals surface area contributed by atoms with Crippen molar-refractivity contribution < 1.29 is 9.53 Å². The van der Waals surface area contributed by atoms with Crippen LogP contribution >= 0.6 is 27.5 Å². The van der Waals surface area contributed by atoms with Crippen molar-refractivity contribution in [1.82, 2.24) is 14.5 Å². The van der Waals surface area contributed by atoms with E-state index in [9.17, 15) is 9.59 Å². The number of aryl methyl sites for hydroxylation is 2. The second-order valence-corrected chi connectivity index (χ2v) is 9.56. The molecule has 1 aliphatic rings. The van der Waals surface area contributed by atoms with E-state index in [4.69, 9.17) is 16.3 Å². The SMILES string of the molecule is CC(C)N1CCn2c(CCc3ccc(Cl)cc3Br)nc(=O)c(OCc3ccccc3)c2C1=O. The topological polar surface area (TPSA) is 64.4 Å². The number of hydrogen-bond donors (Lipinski definition) is 0. The molecule has 0 spiro atoms. The summed E-state index contributed by atoms with van der Waals surface area (Å²) in [6.07, 6.45) is 1.16. The van der Waals surface area contributed by atoms with E-state index in [1.54, 1.807) is 4.90 Å². The zero-order valence-corrected chi connectivity index (χ0v) is 20.9. The third-order valence-corrected chi connectivity index (χ3v) is 6.71. The number of nitrogens with zero attached hydrogens (tertiary/aromatic N) is 3. The van der Waals surface area contributed by atoms with Crippen molar-refractivity contribution in [2.24, 2.45) is 0 Å². The van der Waals surface area contributed by atoms with E-state index in [2.05, 4.69) is 20.9 Å². The first-order valence-corrected chi connectivity index (χ1v) is 12.1. The van der Waals surface area contributed by atoms with Crippen LogP contribution in [0, 0.1) is 0 Å². The van der Waals surface area contributed by atoms with Crippen LogP contribution in [-0.2, 0) is 26.0 Å². The van der Waals surface area contributed by atoms with Crippen molar-refractivity contribution in [1.29, 1.82) is 0 Å². The molecular weight excluding hydrogens is 506 g/mol. The Hall–Kier alpha value is -2.64. The standard InChI is InChI=1S/C25H25BrClN3O3/c1-16(2)29-12-13-30-21(11-9-18-8-10-19(27)14-20(18)26)28-24(31)23(22(30)25(29)32)33-15-17-6-4-3-5-7-17/h3-8,10,14,16H,9,11-13,15H2,1-2H3. The number of fused-ring (bicyclic) bond motifs is 1. The smallest absolute Gasteiger partial charge is 0.316 e. The highest BCUT2D eigenvalue weighted by molar-refractivity contribution is 9.10. The van der Waals surface area contributed by atoms with Gasteiger partial charge in [0.2, 0.25) is 5.75 Å². The van der Waals surface area contributed by atoms with Gasteiger partial charge in [-0.25, -0.2) is 0 Å². The number of amides is 1. The predicted octanol–water partition coefficient (Wildman–Crippen LogP) is 4.89. The zero-order chi connectivity index (χ0) is 23.5. The molecule has 0 saturated heterocycles. The fraction of sp³-hybridized carbons (Fsp3) is 0.320. The van der Waals surface area contributed by atoms with Crippen molar-refractivity contribution in [2.75, 3.05) is 6.54 Å². The molecule has 172 valence electrons. The van der Waals surface area contributed by atoms with E-state index >= 15 is 0 Å². The van der Waals surface area contributed by atoms with Crippen molar-refractivity contribution in [2.45, 2.75) is 45.9 Å². The van der Waals surface area contributed by atoms with Crippen LogP contribution in [-0.4, -0.2) is 32.9 Å². The maximum atomic E-state index is 13.4. The Balaban J connectivity index is 1.69. The highest BCUT2D eigenvalue weighted by Gasteiger charge is 2.33. The normalized spacial score (nSPS) is 13.4. The van der Waals surface area contributed by atoms with Gasteiger partial charge in [0.25, 0.3) is 5.91 Å². The quantitative estimate of drug-likeness (QED) is 0.436. The molecule has 6 nitrogen and oxygen atoms in total. The second-order valence-electron chi connectivity index (χ2n) is 8.26. The number of benzene rings is 2. The lowest BCUT2D eigenvalue weighted by Crippen LogP contribution is -2.46. The van der Waals surface area contributed by atoms with E-state index in [0.29, 0.717) is 36.8 Å². The summed E-state index contributed by atoms with van der Waals surface area (Å²) in [7, 11) is 0. The first kappa shape index (κ1) is 23.5. The minimum Gasteiger partial charge on any atom is -0.481 e. The zero-order valence-electron chi connectivity index (χ0n) is 18.6. The molecule has 33 heavy (non-hydrogen) atoms. The second kappa shape index (κ2) is 10.1. The van der Waals surface area contributed by atoms with Gasteiger partial charge < -0.3 is 14.2 Å². The number of halogens is 2. The van der Waals surface area contributed by atoms with Gasteiger partial charge in [-0.1, -0.05) is 63.9 Å². The Morgan fingerprint density at radius 2 is 1.85 bits per heavy atom. The fourth-order valence-electron chi connectivity index (χ4n) is 3.99. The lowest BCUT2D eigenvalue weighted by Gasteiger charge is -2.34. The van der Waals surface area contributed by atoms with Crippen LogP contribution < -0.4 is 10.3 Å². The van der Waals surface area contributed by atoms with Crippen molar-refractivity contribution in [3.05, 3.63) is 91.0 Å². The summed E-state index contributed by atoms with van der Waals surface area (Å²) in [5, 5.41) is 0.650. The molecular formula is C25H25BrClN3O3. The maximum Gasteiger partial charge on any atom is 0.316 e. The third kappa shape index (κ3) is 5.14. The predicted molar refractivity (Wildman–Crippen MR) is 132 cm³/mol. The van der Waals surface area contributed by atoms with Gasteiger partial charge in [-0.2, -0.15) is 4.98 Å². The van der Waals surface area contributed by atoms with E-state index in [-0.39, 0.29) is 30.0 Å². The summed E-state index contributed by atoms with van der Waals surface area (Å²) in [5.41, 5.74) is 1.74. The Labute approximate surface area is 206 Å². The first-order valence-electron chi connectivity index (χ1n) is 10.9. The van der Waals surface area contributed by atoms with Gasteiger partial charge in [0.15, 0.2) is 5.69 Å². The van der Waals surface area contributed by atoms with E-state index < -0.39 is 5.56 Å². The lowest BCUT2D eigenvalue weighted by molar-refractivity contribution is 0.0634. The Morgan fingerprint density at radius 1 is 1.09 bits per heavy atom. The molecule has 0 atom stereocenters. The minimum absolute atomic E-state index is 0.0185. The van der Waals surface area contributed by atoms with E-state index in [1.165, 1.54) is 0 Å². The highest BCUT2D eigenvalue weighted by atomic mass is 79.9. The third-order valence-electron chi connectivity index (χ3n) is 5.73. The van der Waals surface area contributed by atoms with Crippen molar-refractivity contribution in [3.63, 3.8) is 0 Å². The summed E-state index contributed by atoms with van der Waals surface area (Å²) >= 11 is 9.60. The molecule has 2 heterocycles. The molecule has 0 bridgehead atoms. The lowest BCUT2D eigenvalue weighted by atomic mass is 10.1. The molecule has 8 heteroatoms. The van der Waals surface area contributed by atoms with Crippen molar-refractivity contribution in [3.8, 4) is 5.75 Å². The summed E-state index contributed by atoms with van der Waals surface area (Å²) in [5.74, 6) is 0.402. The molecule has 2 aromatic carbocycles. The van der Waals surface area contributed by atoms with Gasteiger partial charge in [0.05, 0.1) is 0 Å². The summed E-state index contributed by atoms with van der Waals surface area (Å²) in [6.45, 7) is 5.25. The van der Waals surface area contributed by atoms with Gasteiger partial charge in [-0.15, -0.1) is 0 Å². The Kier molecular flexibility index (Phi) is 7.20. The number of carbonyl (C=O) groups excluding carboxylic acids is 1. The molecule has 0 unspecified atom stereocenters. The van der Waals surface area contributed by atoms with Crippen LogP contribution in [0.3, 0.4) is 0 Å². The monoisotopic (exact) mass is 529 g/mol. The van der Waals surface area contributed by atoms with Gasteiger partial charge in [0.1, 0.15) is 12.4 Å². The molecule has 0 aliphatic carbocycles. The summed E-state index contributed by atoms with van der Waals surface area (Å²) < 4.78 is 8.66. The van der Waals surface area contributed by atoms with Crippen LogP contribution in [0.25, 0.3) is 0 Å². The molecule has 0 saturated carbocycles. The van der Waals surface area contributed by atoms with Crippen LogP contribution in [0.5, 0.6) is 5.75 Å². The first-order chi connectivity index (χ1) is 15.8. The van der Waals surface area contributed by atoms with Gasteiger partial charge >= 0.3 is 5.56 Å². The molecule has 0 radical (unpaired) electrons. The summed E-state index contributed by atoms with van der Waals surface area (Å²) in [4.78, 5) is 32.5. The van der Waals surface area contributed by atoms with Crippen LogP contribution in [0.15, 0.2) is 57.8 Å². The maximum absolute atomic E-state index is 13.4. The largest absolute Gasteiger partial charge is 0.481 e. The molecule has 1 amide bonds. The van der Waals surface area contributed by atoms with E-state index in [1.807, 2.05) is 66.9 Å². The van der Waals surface area contributed by atoms with Gasteiger partial charge in [-0.05, 0) is 43.5 Å². The number of carbonyl (C=O) groups is 1. The number of ether oxygens (including phenoxy) is 1.